The van der Waals surface area contributed by atoms with Crippen LogP contribution < -0.4 is 14.8 Å². The molecule has 0 saturated carbocycles. The van der Waals surface area contributed by atoms with Gasteiger partial charge in [0.1, 0.15) is 24.7 Å². The average Bonchev–Trinajstić information content (AvgIpc) is 3.22. The van der Waals surface area contributed by atoms with E-state index >= 15 is 0 Å². The summed E-state index contributed by atoms with van der Waals surface area (Å²) in [5, 5.41) is 3.28. The number of hydrogen-bond donors (Lipinski definition) is 1. The van der Waals surface area contributed by atoms with Crippen molar-refractivity contribution in [2.75, 3.05) is 5.32 Å². The normalized spacial score (nSPS) is 10.5. The minimum atomic E-state index is -0.211. The maximum absolute atomic E-state index is 12.6. The van der Waals surface area contributed by atoms with Gasteiger partial charge < -0.3 is 14.8 Å². The van der Waals surface area contributed by atoms with Crippen molar-refractivity contribution in [3.63, 3.8) is 0 Å². The van der Waals surface area contributed by atoms with Crippen LogP contribution in [0.1, 0.15) is 16.7 Å². The zero-order valence-corrected chi connectivity index (χ0v) is 19.2. The van der Waals surface area contributed by atoms with Gasteiger partial charge in [-0.3, -0.25) is 14.8 Å². The van der Waals surface area contributed by atoms with Crippen molar-refractivity contribution in [3.8, 4) is 11.5 Å². The van der Waals surface area contributed by atoms with Crippen LogP contribution in [-0.2, 0) is 24.4 Å². The molecule has 0 bridgehead atoms. The van der Waals surface area contributed by atoms with Crippen LogP contribution in [0.2, 0.25) is 0 Å². The molecule has 32 heavy (non-hydrogen) atoms. The van der Waals surface area contributed by atoms with Gasteiger partial charge in [0.25, 0.3) is 0 Å². The van der Waals surface area contributed by atoms with E-state index in [0.717, 1.165) is 11.1 Å². The van der Waals surface area contributed by atoms with E-state index in [0.29, 0.717) is 39.4 Å². The van der Waals surface area contributed by atoms with E-state index in [4.69, 9.17) is 21.7 Å². The highest BCUT2D eigenvalue weighted by Gasteiger charge is 2.13. The maximum Gasteiger partial charge on any atom is 0.230 e. The summed E-state index contributed by atoms with van der Waals surface area (Å²) in [4.78, 5) is 24.9. The number of aromatic nitrogens is 3. The Labute approximate surface area is 197 Å². The van der Waals surface area contributed by atoms with Crippen LogP contribution in [-0.4, -0.2) is 20.9 Å². The van der Waals surface area contributed by atoms with Gasteiger partial charge in [-0.25, -0.2) is 0 Å². The summed E-state index contributed by atoms with van der Waals surface area (Å²) < 4.78 is 12.4. The van der Waals surface area contributed by atoms with Gasteiger partial charge >= 0.3 is 0 Å². The van der Waals surface area contributed by atoms with Crippen molar-refractivity contribution in [2.45, 2.75) is 19.6 Å². The first-order chi connectivity index (χ1) is 15.7. The summed E-state index contributed by atoms with van der Waals surface area (Å²) in [6.07, 6.45) is 7.02. The molecule has 0 aliphatic rings. The largest absolute Gasteiger partial charge is 0.489 e. The number of rotatable bonds is 9. The van der Waals surface area contributed by atoms with Gasteiger partial charge in [0.15, 0.2) is 3.95 Å². The number of ether oxygens (including phenoxy) is 2. The van der Waals surface area contributed by atoms with Gasteiger partial charge in [0, 0.05) is 41.5 Å². The van der Waals surface area contributed by atoms with Gasteiger partial charge in [0.2, 0.25) is 11.0 Å². The Bertz CT molecular complexity index is 1230. The Morgan fingerprint density at radius 3 is 2.31 bits per heavy atom. The quantitative estimate of drug-likeness (QED) is 0.263. The third-order valence-electron chi connectivity index (χ3n) is 4.26. The molecule has 4 aromatic rings. The van der Waals surface area contributed by atoms with Crippen molar-refractivity contribution < 1.29 is 14.3 Å². The molecule has 4 rings (SSSR count). The van der Waals surface area contributed by atoms with Crippen LogP contribution in [0.5, 0.6) is 11.5 Å². The van der Waals surface area contributed by atoms with Gasteiger partial charge in [-0.1, -0.05) is 12.1 Å². The molecule has 162 valence electrons. The summed E-state index contributed by atoms with van der Waals surface area (Å²) >= 11 is 5.02. The Kier molecular flexibility index (Phi) is 7.49. The molecule has 0 fully saturated rings. The van der Waals surface area contributed by atoms with Crippen molar-refractivity contribution in [1.82, 2.24) is 15.0 Å². The topological polar surface area (TPSA) is 86.2 Å². The van der Waals surface area contributed by atoms with E-state index in [1.165, 1.54) is 20.7 Å². The zero-order chi connectivity index (χ0) is 22.2. The number of carbonyl (C=O) groups excluding carboxylic acids is 1. The maximum atomic E-state index is 12.6. The van der Waals surface area contributed by atoms with E-state index in [9.17, 15) is 4.79 Å². The molecule has 1 aromatic carbocycles. The lowest BCUT2D eigenvalue weighted by molar-refractivity contribution is -0.115. The van der Waals surface area contributed by atoms with Crippen molar-refractivity contribution in [1.29, 1.82) is 0 Å². The molecule has 0 atom stereocenters. The number of amides is 1. The number of hydrogen-bond acceptors (Lipinski definition) is 9. The van der Waals surface area contributed by atoms with Crippen LogP contribution in [0, 0.1) is 3.95 Å². The Balaban J connectivity index is 1.49. The fraction of sp³-hybridized carbons (Fsp3) is 0.136. The van der Waals surface area contributed by atoms with Crippen molar-refractivity contribution >= 4 is 43.9 Å². The highest BCUT2D eigenvalue weighted by molar-refractivity contribution is 7.79. The smallest absolute Gasteiger partial charge is 0.230 e. The number of carbonyl (C=O) groups is 1. The van der Waals surface area contributed by atoms with Crippen molar-refractivity contribution in [3.05, 3.63) is 87.9 Å². The molecule has 0 radical (unpaired) electrons. The molecule has 0 aliphatic heterocycles. The first kappa shape index (κ1) is 22.0. The van der Waals surface area contributed by atoms with Crippen LogP contribution >= 0.6 is 32.9 Å². The Hall–Kier alpha value is -3.21. The first-order valence-electron chi connectivity index (χ1n) is 9.59. The number of nitrogens with zero attached hydrogens (tertiary/aromatic N) is 3. The minimum absolute atomic E-state index is 0.101. The van der Waals surface area contributed by atoms with Crippen LogP contribution in [0.4, 0.5) is 5.13 Å². The second-order valence-corrected chi connectivity index (χ2v) is 9.40. The monoisotopic (exact) mass is 482 g/mol. The minimum Gasteiger partial charge on any atom is -0.489 e. The van der Waals surface area contributed by atoms with Crippen LogP contribution in [0.15, 0.2) is 67.3 Å². The summed E-state index contributed by atoms with van der Waals surface area (Å²) in [5.74, 6) is 1.02. The summed E-state index contributed by atoms with van der Waals surface area (Å²) in [5.41, 5.74) is 2.59. The summed E-state index contributed by atoms with van der Waals surface area (Å²) in [6, 6.07) is 13.0. The van der Waals surface area contributed by atoms with E-state index in [1.54, 1.807) is 24.8 Å². The molecule has 0 saturated heterocycles. The molecule has 3 heterocycles. The highest BCUT2D eigenvalue weighted by atomic mass is 32.9. The standard InChI is InChI=1S/C22H18N4O3S3/c27-20(25-21-26-22(30)32-31-21)10-17-9-18(28-13-15-3-1-7-23-11-15)5-6-19(17)29-14-16-4-2-8-24-12-16/h1-9,11-12H,10,13-14H2,(H,25,26,27,30). The fourth-order valence-electron chi connectivity index (χ4n) is 2.80. The van der Waals surface area contributed by atoms with Crippen LogP contribution in [0.3, 0.4) is 0 Å². The Morgan fingerprint density at radius 2 is 1.69 bits per heavy atom. The Morgan fingerprint density at radius 1 is 0.969 bits per heavy atom. The lowest BCUT2D eigenvalue weighted by atomic mass is 10.1. The van der Waals surface area contributed by atoms with E-state index in [-0.39, 0.29) is 12.3 Å². The van der Waals surface area contributed by atoms with E-state index in [1.807, 2.05) is 42.5 Å². The highest BCUT2D eigenvalue weighted by Crippen LogP contribution is 2.27. The molecule has 0 spiro atoms. The molecule has 3 aromatic heterocycles. The molecule has 0 unspecified atom stereocenters. The van der Waals surface area contributed by atoms with Gasteiger partial charge in [-0.15, -0.1) is 0 Å². The SMILES string of the molecule is O=C(Cc1cc(OCc2cccnc2)ccc1OCc1cccnc1)Nc1nc(=S)ss1. The molecule has 10 heteroatoms. The van der Waals surface area contributed by atoms with Gasteiger partial charge in [-0.05, 0) is 63.2 Å². The fourth-order valence-corrected chi connectivity index (χ4v) is 4.67. The first-order valence-corrected chi connectivity index (χ1v) is 12.1. The summed E-state index contributed by atoms with van der Waals surface area (Å²) in [7, 11) is 2.68. The number of benzene rings is 1. The molecule has 1 amide bonds. The summed E-state index contributed by atoms with van der Waals surface area (Å²) in [6.45, 7) is 0.712. The molecule has 0 aliphatic carbocycles. The van der Waals surface area contributed by atoms with E-state index in [2.05, 4.69) is 20.3 Å². The molecule has 1 N–H and O–H groups in total. The molecule has 7 nitrogen and oxygen atoms in total. The number of anilines is 1. The van der Waals surface area contributed by atoms with Crippen LogP contribution in [0.25, 0.3) is 0 Å². The molecular formula is C22H18N4O3S3. The third-order valence-corrected chi connectivity index (χ3v) is 6.78. The predicted molar refractivity (Wildman–Crippen MR) is 127 cm³/mol. The molecular weight excluding hydrogens is 464 g/mol. The average molecular weight is 483 g/mol. The lowest BCUT2D eigenvalue weighted by Gasteiger charge is -2.14. The second kappa shape index (κ2) is 10.9. The third kappa shape index (κ3) is 6.39. The van der Waals surface area contributed by atoms with Gasteiger partial charge in [-0.2, -0.15) is 4.98 Å². The number of nitrogens with one attached hydrogen (secondary N) is 1. The number of pyridine rings is 2. The lowest BCUT2D eigenvalue weighted by Crippen LogP contribution is -2.15. The van der Waals surface area contributed by atoms with Crippen molar-refractivity contribution in [2.24, 2.45) is 0 Å². The predicted octanol–water partition coefficient (Wildman–Crippen LogP) is 5.06. The van der Waals surface area contributed by atoms with Gasteiger partial charge in [0.05, 0.1) is 6.42 Å². The second-order valence-electron chi connectivity index (χ2n) is 6.64. The zero-order valence-electron chi connectivity index (χ0n) is 16.8. The van der Waals surface area contributed by atoms with E-state index < -0.39 is 0 Å².